The molecule has 2 aliphatic rings. The molecule has 5 rings (SSSR count). The summed E-state index contributed by atoms with van der Waals surface area (Å²) < 4.78 is 3.48. The van der Waals surface area contributed by atoms with Crippen molar-refractivity contribution >= 4 is 33.2 Å². The van der Waals surface area contributed by atoms with Gasteiger partial charge >= 0.3 is 0 Å². The molecule has 1 aliphatic carbocycles. The third kappa shape index (κ3) is 3.15. The summed E-state index contributed by atoms with van der Waals surface area (Å²) >= 11 is 1.72. The van der Waals surface area contributed by atoms with Gasteiger partial charge in [-0.1, -0.05) is 0 Å². The molecule has 0 aromatic carbocycles. The summed E-state index contributed by atoms with van der Waals surface area (Å²) in [4.78, 5) is 25.8. The van der Waals surface area contributed by atoms with Gasteiger partial charge in [-0.05, 0) is 30.4 Å². The highest BCUT2D eigenvalue weighted by molar-refractivity contribution is 7.17. The van der Waals surface area contributed by atoms with Crippen molar-refractivity contribution in [1.29, 1.82) is 0 Å². The fourth-order valence-corrected chi connectivity index (χ4v) is 5.09. The molecule has 4 heterocycles. The average molecular weight is 382 g/mol. The van der Waals surface area contributed by atoms with Crippen LogP contribution in [0.2, 0.25) is 0 Å². The molecular weight excluding hydrogens is 358 g/mol. The van der Waals surface area contributed by atoms with Gasteiger partial charge in [0.2, 0.25) is 0 Å². The fourth-order valence-electron chi connectivity index (χ4n) is 4.23. The normalized spacial score (nSPS) is 18.2. The number of nitrogens with zero attached hydrogens (tertiary/aromatic N) is 5. The standard InChI is InChI=1S/C20H23N5OS/c26-18-3-1-2-17-15(18)4-6-24(17)10-7-23-8-11-25(12-9-23)20-19-16(5-13-27-19)21-14-22-20/h4-6,13-14H,1-3,7-12H2. The lowest BCUT2D eigenvalue weighted by molar-refractivity contribution is 0.0971. The molecule has 6 nitrogen and oxygen atoms in total. The minimum atomic E-state index is 0.313. The molecular formula is C20H23N5OS. The summed E-state index contributed by atoms with van der Waals surface area (Å²) in [5.74, 6) is 1.39. The summed E-state index contributed by atoms with van der Waals surface area (Å²) in [6, 6.07) is 4.07. The first kappa shape index (κ1) is 16.9. The van der Waals surface area contributed by atoms with Gasteiger partial charge in [-0.25, -0.2) is 9.97 Å². The van der Waals surface area contributed by atoms with E-state index in [9.17, 15) is 4.79 Å². The maximum atomic E-state index is 12.0. The van der Waals surface area contributed by atoms with Crippen molar-refractivity contribution in [2.24, 2.45) is 0 Å². The van der Waals surface area contributed by atoms with Gasteiger partial charge in [0.25, 0.3) is 0 Å². The predicted molar refractivity (Wildman–Crippen MR) is 108 cm³/mol. The maximum Gasteiger partial charge on any atom is 0.164 e. The Morgan fingerprint density at radius 1 is 1.04 bits per heavy atom. The average Bonchev–Trinajstić information content (AvgIpc) is 3.34. The van der Waals surface area contributed by atoms with Crippen LogP contribution in [0.1, 0.15) is 28.9 Å². The molecule has 0 radical (unpaired) electrons. The van der Waals surface area contributed by atoms with Crippen LogP contribution in [0.3, 0.4) is 0 Å². The zero-order valence-electron chi connectivity index (χ0n) is 15.3. The number of hydrogen-bond donors (Lipinski definition) is 0. The van der Waals surface area contributed by atoms with E-state index >= 15 is 0 Å². The van der Waals surface area contributed by atoms with Gasteiger partial charge in [0.05, 0.1) is 10.2 Å². The first-order valence-electron chi connectivity index (χ1n) is 9.66. The molecule has 0 bridgehead atoms. The zero-order valence-corrected chi connectivity index (χ0v) is 16.1. The van der Waals surface area contributed by atoms with Crippen molar-refractivity contribution in [2.75, 3.05) is 37.6 Å². The Morgan fingerprint density at radius 2 is 1.93 bits per heavy atom. The Hall–Kier alpha value is -2.25. The Balaban J connectivity index is 1.21. The number of Topliss-reactive ketones (excluding diaryl/α,β-unsaturated/α-hetero) is 1. The topological polar surface area (TPSA) is 54.3 Å². The van der Waals surface area contributed by atoms with Crippen LogP contribution in [0.5, 0.6) is 0 Å². The highest BCUT2D eigenvalue weighted by Gasteiger charge is 2.22. The SMILES string of the molecule is O=C1CCCc2c1ccn2CCN1CCN(c2ncnc3ccsc23)CC1. The number of hydrogen-bond acceptors (Lipinski definition) is 6. The first-order valence-corrected chi connectivity index (χ1v) is 10.5. The van der Waals surface area contributed by atoms with Crippen LogP contribution in [0, 0.1) is 0 Å². The zero-order chi connectivity index (χ0) is 18.2. The van der Waals surface area contributed by atoms with Crippen molar-refractivity contribution in [3.63, 3.8) is 0 Å². The Labute approximate surface area is 162 Å². The third-order valence-corrected chi connectivity index (χ3v) is 6.65. The lowest BCUT2D eigenvalue weighted by Gasteiger charge is -2.35. The van der Waals surface area contributed by atoms with Crippen LogP contribution in [0.25, 0.3) is 10.2 Å². The minimum absolute atomic E-state index is 0.313. The van der Waals surface area contributed by atoms with Crippen LogP contribution in [-0.2, 0) is 13.0 Å². The molecule has 7 heteroatoms. The first-order chi connectivity index (χ1) is 13.3. The highest BCUT2D eigenvalue weighted by atomic mass is 32.1. The number of anilines is 1. The van der Waals surface area contributed by atoms with Crippen molar-refractivity contribution in [1.82, 2.24) is 19.4 Å². The van der Waals surface area contributed by atoms with E-state index in [1.807, 2.05) is 6.07 Å². The van der Waals surface area contributed by atoms with Gasteiger partial charge in [0, 0.05) is 63.1 Å². The predicted octanol–water partition coefficient (Wildman–Crippen LogP) is 2.83. The van der Waals surface area contributed by atoms with Crippen LogP contribution in [-0.4, -0.2) is 57.9 Å². The van der Waals surface area contributed by atoms with E-state index in [0.29, 0.717) is 12.2 Å². The van der Waals surface area contributed by atoms with E-state index in [-0.39, 0.29) is 0 Å². The Kier molecular flexibility index (Phi) is 4.41. The smallest absolute Gasteiger partial charge is 0.164 e. The molecule has 1 fully saturated rings. The summed E-state index contributed by atoms with van der Waals surface area (Å²) in [6.07, 6.45) is 6.50. The van der Waals surface area contributed by atoms with E-state index in [1.165, 1.54) is 10.4 Å². The van der Waals surface area contributed by atoms with Crippen molar-refractivity contribution < 1.29 is 4.79 Å². The summed E-state index contributed by atoms with van der Waals surface area (Å²) in [5, 5.41) is 2.08. The lowest BCUT2D eigenvalue weighted by atomic mass is 9.97. The van der Waals surface area contributed by atoms with E-state index in [0.717, 1.165) is 69.0 Å². The molecule has 140 valence electrons. The van der Waals surface area contributed by atoms with Gasteiger partial charge < -0.3 is 9.47 Å². The monoisotopic (exact) mass is 381 g/mol. The van der Waals surface area contributed by atoms with Crippen molar-refractivity contribution in [3.05, 3.63) is 41.3 Å². The number of carbonyl (C=O) groups is 1. The van der Waals surface area contributed by atoms with Gasteiger partial charge in [0.15, 0.2) is 5.78 Å². The molecule has 0 N–H and O–H groups in total. The fraction of sp³-hybridized carbons (Fsp3) is 0.450. The number of thiophene rings is 1. The van der Waals surface area contributed by atoms with Crippen LogP contribution in [0.4, 0.5) is 5.82 Å². The minimum Gasteiger partial charge on any atom is -0.353 e. The maximum absolute atomic E-state index is 12.0. The summed E-state index contributed by atoms with van der Waals surface area (Å²) in [6.45, 7) is 6.06. The van der Waals surface area contributed by atoms with Crippen molar-refractivity contribution in [2.45, 2.75) is 25.8 Å². The molecule has 0 saturated carbocycles. The Morgan fingerprint density at radius 3 is 2.81 bits per heavy atom. The second kappa shape index (κ2) is 7.05. The largest absolute Gasteiger partial charge is 0.353 e. The number of fused-ring (bicyclic) bond motifs is 2. The molecule has 1 aliphatic heterocycles. The van der Waals surface area contributed by atoms with Crippen molar-refractivity contribution in [3.8, 4) is 0 Å². The number of piperazine rings is 1. The van der Waals surface area contributed by atoms with E-state index in [1.54, 1.807) is 17.7 Å². The second-order valence-electron chi connectivity index (χ2n) is 7.31. The van der Waals surface area contributed by atoms with Gasteiger partial charge in [-0.15, -0.1) is 11.3 Å². The van der Waals surface area contributed by atoms with E-state index in [4.69, 9.17) is 0 Å². The van der Waals surface area contributed by atoms with Crippen LogP contribution >= 0.6 is 11.3 Å². The number of aromatic nitrogens is 3. The van der Waals surface area contributed by atoms with Gasteiger partial charge in [0.1, 0.15) is 12.1 Å². The summed E-state index contributed by atoms with van der Waals surface area (Å²) in [7, 11) is 0. The molecule has 0 unspecified atom stereocenters. The molecule has 3 aromatic heterocycles. The third-order valence-electron chi connectivity index (χ3n) is 5.75. The molecule has 0 amide bonds. The quantitative estimate of drug-likeness (QED) is 0.696. The molecule has 0 spiro atoms. The molecule has 0 atom stereocenters. The van der Waals surface area contributed by atoms with E-state index < -0.39 is 0 Å². The second-order valence-corrected chi connectivity index (χ2v) is 8.22. The van der Waals surface area contributed by atoms with Gasteiger partial charge in [-0.2, -0.15) is 0 Å². The highest BCUT2D eigenvalue weighted by Crippen LogP contribution is 2.28. The number of ketones is 1. The van der Waals surface area contributed by atoms with E-state index in [2.05, 4.69) is 42.0 Å². The van der Waals surface area contributed by atoms with Crippen LogP contribution in [0.15, 0.2) is 30.0 Å². The number of carbonyl (C=O) groups excluding carboxylic acids is 1. The molecule has 27 heavy (non-hydrogen) atoms. The lowest BCUT2D eigenvalue weighted by Crippen LogP contribution is -2.47. The molecule has 3 aromatic rings. The summed E-state index contributed by atoms with van der Waals surface area (Å²) in [5.41, 5.74) is 3.24. The Bertz CT molecular complexity index is 970. The molecule has 1 saturated heterocycles. The van der Waals surface area contributed by atoms with Gasteiger partial charge in [-0.3, -0.25) is 9.69 Å². The van der Waals surface area contributed by atoms with Crippen LogP contribution < -0.4 is 4.90 Å². The number of rotatable bonds is 4.